The van der Waals surface area contributed by atoms with E-state index in [2.05, 4.69) is 15.1 Å². The van der Waals surface area contributed by atoms with Crippen molar-refractivity contribution in [1.82, 2.24) is 24.3 Å². The molecular formula is C13H16N6O. The highest BCUT2D eigenvalue weighted by atomic mass is 16.5. The number of fused-ring (bicyclic) bond motifs is 1. The zero-order chi connectivity index (χ0) is 14.3. The molecule has 20 heavy (non-hydrogen) atoms. The molecule has 3 aromatic rings. The first-order valence-electron chi connectivity index (χ1n) is 6.24. The summed E-state index contributed by atoms with van der Waals surface area (Å²) >= 11 is 0. The number of methoxy groups -OCH3 is 1. The van der Waals surface area contributed by atoms with E-state index in [0.29, 0.717) is 24.0 Å². The number of nitrogen functional groups attached to an aromatic ring is 1. The van der Waals surface area contributed by atoms with E-state index in [4.69, 9.17) is 10.5 Å². The quantitative estimate of drug-likeness (QED) is 0.772. The fourth-order valence-corrected chi connectivity index (χ4v) is 2.25. The average molecular weight is 272 g/mol. The summed E-state index contributed by atoms with van der Waals surface area (Å²) in [6, 6.07) is 3.62. The fourth-order valence-electron chi connectivity index (χ4n) is 2.25. The molecule has 0 fully saturated rings. The molecule has 7 nitrogen and oxygen atoms in total. The first-order valence-corrected chi connectivity index (χ1v) is 6.24. The molecule has 3 heterocycles. The van der Waals surface area contributed by atoms with Crippen molar-refractivity contribution in [2.24, 2.45) is 7.05 Å². The number of nitrogens with two attached hydrogens (primary N) is 1. The van der Waals surface area contributed by atoms with Crippen molar-refractivity contribution in [1.29, 1.82) is 0 Å². The third-order valence-corrected chi connectivity index (χ3v) is 3.25. The van der Waals surface area contributed by atoms with Crippen LogP contribution in [-0.2, 0) is 13.6 Å². The number of anilines is 1. The number of nitrogens with zero attached hydrogens (tertiary/aromatic N) is 5. The van der Waals surface area contributed by atoms with Gasteiger partial charge in [-0.05, 0) is 13.0 Å². The molecule has 0 bridgehead atoms. The number of aryl methyl sites for hydroxylation is 2. The number of aromatic nitrogens is 5. The van der Waals surface area contributed by atoms with E-state index < -0.39 is 0 Å². The third-order valence-electron chi connectivity index (χ3n) is 3.25. The molecule has 3 aromatic heterocycles. The zero-order valence-corrected chi connectivity index (χ0v) is 11.7. The third kappa shape index (κ3) is 1.97. The van der Waals surface area contributed by atoms with Gasteiger partial charge in [-0.15, -0.1) is 0 Å². The molecular weight excluding hydrogens is 256 g/mol. The summed E-state index contributed by atoms with van der Waals surface area (Å²) in [6.45, 7) is 2.56. The van der Waals surface area contributed by atoms with Crippen molar-refractivity contribution in [3.05, 3.63) is 29.6 Å². The summed E-state index contributed by atoms with van der Waals surface area (Å²) in [5, 5.41) is 4.33. The molecule has 0 aliphatic carbocycles. The summed E-state index contributed by atoms with van der Waals surface area (Å²) in [5.41, 5.74) is 9.52. The van der Waals surface area contributed by atoms with Crippen LogP contribution in [0.2, 0.25) is 0 Å². The van der Waals surface area contributed by atoms with E-state index in [-0.39, 0.29) is 0 Å². The van der Waals surface area contributed by atoms with E-state index in [0.717, 1.165) is 16.8 Å². The van der Waals surface area contributed by atoms with Crippen molar-refractivity contribution < 1.29 is 4.74 Å². The van der Waals surface area contributed by atoms with Crippen molar-refractivity contribution in [2.75, 3.05) is 12.8 Å². The minimum Gasteiger partial charge on any atom is -0.481 e. The topological polar surface area (TPSA) is 83.8 Å². The smallest absolute Gasteiger partial charge is 0.215 e. The van der Waals surface area contributed by atoms with Crippen molar-refractivity contribution in [2.45, 2.75) is 13.5 Å². The van der Waals surface area contributed by atoms with Crippen LogP contribution >= 0.6 is 0 Å². The van der Waals surface area contributed by atoms with Gasteiger partial charge < -0.3 is 10.5 Å². The van der Waals surface area contributed by atoms with Gasteiger partial charge in [0.05, 0.1) is 19.3 Å². The van der Waals surface area contributed by atoms with Gasteiger partial charge in [-0.3, -0.25) is 9.25 Å². The van der Waals surface area contributed by atoms with Crippen LogP contribution in [0.5, 0.6) is 5.88 Å². The number of hydrogen-bond acceptors (Lipinski definition) is 5. The van der Waals surface area contributed by atoms with E-state index in [1.807, 2.05) is 30.8 Å². The van der Waals surface area contributed by atoms with Crippen LogP contribution in [0.15, 0.2) is 18.3 Å². The highest BCUT2D eigenvalue weighted by molar-refractivity contribution is 5.75. The fraction of sp³-hybridized carbons (Fsp3) is 0.308. The predicted octanol–water partition coefficient (Wildman–Crippen LogP) is 1.11. The molecule has 0 radical (unpaired) electrons. The number of rotatable bonds is 3. The second kappa shape index (κ2) is 4.52. The molecule has 0 saturated carbocycles. The Kier molecular flexibility index (Phi) is 2.81. The van der Waals surface area contributed by atoms with Gasteiger partial charge in [0.2, 0.25) is 11.8 Å². The Bertz CT molecular complexity index is 773. The molecule has 0 aromatic carbocycles. The van der Waals surface area contributed by atoms with Gasteiger partial charge in [0.15, 0.2) is 5.65 Å². The van der Waals surface area contributed by atoms with E-state index in [1.165, 1.54) is 0 Å². The Morgan fingerprint density at radius 2 is 2.10 bits per heavy atom. The standard InChI is InChI=1S/C13H16N6O/c1-8-9(6-18(2)17-8)7-19-12-10(15-13(19)14)4-5-11(16-12)20-3/h4-6H,7H2,1-3H3,(H2,14,15). The lowest BCUT2D eigenvalue weighted by Crippen LogP contribution is -2.06. The van der Waals surface area contributed by atoms with Crippen molar-refractivity contribution in [3.63, 3.8) is 0 Å². The van der Waals surface area contributed by atoms with Gasteiger partial charge in [0, 0.05) is 24.9 Å². The molecule has 0 spiro atoms. The largest absolute Gasteiger partial charge is 0.481 e. The second-order valence-electron chi connectivity index (χ2n) is 4.67. The van der Waals surface area contributed by atoms with Crippen molar-refractivity contribution in [3.8, 4) is 5.88 Å². The SMILES string of the molecule is COc1ccc2nc(N)n(Cc3cn(C)nc3C)c2n1. The summed E-state index contributed by atoms with van der Waals surface area (Å²) in [6.07, 6.45) is 1.97. The Hall–Kier alpha value is -2.57. The zero-order valence-electron chi connectivity index (χ0n) is 11.7. The lowest BCUT2D eigenvalue weighted by atomic mass is 10.2. The molecule has 0 unspecified atom stereocenters. The minimum atomic E-state index is 0.434. The maximum Gasteiger partial charge on any atom is 0.215 e. The van der Waals surface area contributed by atoms with Crippen LogP contribution in [-0.4, -0.2) is 31.4 Å². The molecule has 104 valence electrons. The van der Waals surface area contributed by atoms with E-state index in [9.17, 15) is 0 Å². The van der Waals surface area contributed by atoms with Crippen LogP contribution in [0, 0.1) is 6.92 Å². The molecule has 0 aliphatic heterocycles. The number of ether oxygens (including phenoxy) is 1. The van der Waals surface area contributed by atoms with Crippen LogP contribution in [0.1, 0.15) is 11.3 Å². The monoisotopic (exact) mass is 272 g/mol. The summed E-state index contributed by atoms with van der Waals surface area (Å²) in [5.74, 6) is 0.977. The number of pyridine rings is 1. The number of hydrogen-bond donors (Lipinski definition) is 1. The normalized spacial score (nSPS) is 11.2. The maximum atomic E-state index is 5.99. The molecule has 0 saturated heterocycles. The maximum absolute atomic E-state index is 5.99. The molecule has 7 heteroatoms. The van der Waals surface area contributed by atoms with Gasteiger partial charge in [-0.25, -0.2) is 4.98 Å². The van der Waals surface area contributed by atoms with Crippen LogP contribution in [0.25, 0.3) is 11.2 Å². The Balaban J connectivity index is 2.10. The average Bonchev–Trinajstić information content (AvgIpc) is 2.90. The summed E-state index contributed by atoms with van der Waals surface area (Å²) in [4.78, 5) is 8.73. The molecule has 0 aliphatic rings. The Morgan fingerprint density at radius 3 is 2.75 bits per heavy atom. The molecule has 0 amide bonds. The van der Waals surface area contributed by atoms with Crippen LogP contribution < -0.4 is 10.5 Å². The summed E-state index contributed by atoms with van der Waals surface area (Å²) in [7, 11) is 3.48. The Labute approximate surface area is 116 Å². The van der Waals surface area contributed by atoms with Crippen LogP contribution in [0.3, 0.4) is 0 Å². The predicted molar refractivity (Wildman–Crippen MR) is 75.5 cm³/mol. The van der Waals surface area contributed by atoms with Gasteiger partial charge in [0.25, 0.3) is 0 Å². The molecule has 0 atom stereocenters. The Morgan fingerprint density at radius 1 is 1.30 bits per heavy atom. The van der Waals surface area contributed by atoms with Gasteiger partial charge in [-0.1, -0.05) is 0 Å². The van der Waals surface area contributed by atoms with Gasteiger partial charge >= 0.3 is 0 Å². The first-order chi connectivity index (χ1) is 9.58. The van der Waals surface area contributed by atoms with Crippen LogP contribution in [0.4, 0.5) is 5.95 Å². The van der Waals surface area contributed by atoms with E-state index in [1.54, 1.807) is 17.9 Å². The highest BCUT2D eigenvalue weighted by Gasteiger charge is 2.13. The lowest BCUT2D eigenvalue weighted by Gasteiger charge is -2.05. The van der Waals surface area contributed by atoms with Crippen molar-refractivity contribution >= 4 is 17.1 Å². The first kappa shape index (κ1) is 12.5. The van der Waals surface area contributed by atoms with Gasteiger partial charge in [0.1, 0.15) is 5.52 Å². The number of imidazole rings is 1. The highest BCUT2D eigenvalue weighted by Crippen LogP contribution is 2.21. The minimum absolute atomic E-state index is 0.434. The summed E-state index contributed by atoms with van der Waals surface area (Å²) < 4.78 is 8.80. The second-order valence-corrected chi connectivity index (χ2v) is 4.67. The van der Waals surface area contributed by atoms with Gasteiger partial charge in [-0.2, -0.15) is 10.1 Å². The van der Waals surface area contributed by atoms with E-state index >= 15 is 0 Å². The lowest BCUT2D eigenvalue weighted by molar-refractivity contribution is 0.399. The molecule has 2 N–H and O–H groups in total. The molecule has 3 rings (SSSR count).